The SMILES string of the molecule is CCCCCCC/C=C/CC/C=C/[C@@H](O)[C@H](CO[C@@H]1O[C@H](CO)[C@@H](O)C(O)C1O)NC(=O)CCCCCCCCCCCCCC. The maximum atomic E-state index is 12.8. The first-order valence-corrected chi connectivity index (χ1v) is 18.6. The van der Waals surface area contributed by atoms with Crippen molar-refractivity contribution in [1.29, 1.82) is 0 Å². The predicted octanol–water partition coefficient (Wildman–Crippen LogP) is 5.99. The molecule has 2 unspecified atom stereocenters. The molecule has 0 aromatic rings. The van der Waals surface area contributed by atoms with Crippen LogP contribution in [0.3, 0.4) is 0 Å². The van der Waals surface area contributed by atoms with Gasteiger partial charge in [0.05, 0.1) is 25.4 Å². The summed E-state index contributed by atoms with van der Waals surface area (Å²) in [7, 11) is 0. The number of ether oxygens (including phenoxy) is 2. The minimum Gasteiger partial charge on any atom is -0.394 e. The Labute approximate surface area is 279 Å². The highest BCUT2D eigenvalue weighted by Gasteiger charge is 2.44. The molecule has 1 amide bonds. The van der Waals surface area contributed by atoms with Crippen molar-refractivity contribution in [3.63, 3.8) is 0 Å². The lowest BCUT2D eigenvalue weighted by molar-refractivity contribution is -0.302. The van der Waals surface area contributed by atoms with Crippen molar-refractivity contribution in [2.75, 3.05) is 13.2 Å². The molecule has 7 atom stereocenters. The fourth-order valence-electron chi connectivity index (χ4n) is 5.70. The highest BCUT2D eigenvalue weighted by atomic mass is 16.7. The molecule has 6 N–H and O–H groups in total. The maximum absolute atomic E-state index is 12.8. The molecule has 270 valence electrons. The summed E-state index contributed by atoms with van der Waals surface area (Å²) in [5.74, 6) is -0.191. The van der Waals surface area contributed by atoms with E-state index in [-0.39, 0.29) is 12.5 Å². The zero-order valence-electron chi connectivity index (χ0n) is 29.1. The van der Waals surface area contributed by atoms with Gasteiger partial charge in [-0.05, 0) is 32.1 Å². The van der Waals surface area contributed by atoms with Gasteiger partial charge >= 0.3 is 0 Å². The second-order valence-electron chi connectivity index (χ2n) is 13.0. The number of hydrogen-bond donors (Lipinski definition) is 6. The molecule has 0 aromatic heterocycles. The van der Waals surface area contributed by atoms with Gasteiger partial charge in [0, 0.05) is 6.42 Å². The first kappa shape index (κ1) is 42.7. The third-order valence-electron chi connectivity index (χ3n) is 8.78. The second kappa shape index (κ2) is 28.7. The van der Waals surface area contributed by atoms with Gasteiger partial charge in [0.15, 0.2) is 6.29 Å². The predicted molar refractivity (Wildman–Crippen MR) is 184 cm³/mol. The number of rotatable bonds is 29. The number of allylic oxidation sites excluding steroid dienone is 3. The van der Waals surface area contributed by atoms with E-state index < -0.39 is 49.5 Å². The average Bonchev–Trinajstić information content (AvgIpc) is 3.05. The Morgan fingerprint density at radius 2 is 1.24 bits per heavy atom. The van der Waals surface area contributed by atoms with Crippen LogP contribution in [-0.2, 0) is 14.3 Å². The van der Waals surface area contributed by atoms with Gasteiger partial charge in [0.2, 0.25) is 5.91 Å². The van der Waals surface area contributed by atoms with Crippen LogP contribution in [0.15, 0.2) is 24.3 Å². The van der Waals surface area contributed by atoms with Crippen LogP contribution in [0.4, 0.5) is 0 Å². The van der Waals surface area contributed by atoms with E-state index in [2.05, 4.69) is 31.3 Å². The monoisotopic (exact) mass is 656 g/mol. The highest BCUT2D eigenvalue weighted by Crippen LogP contribution is 2.22. The van der Waals surface area contributed by atoms with Gasteiger partial charge in [0.25, 0.3) is 0 Å². The average molecular weight is 656 g/mol. The maximum Gasteiger partial charge on any atom is 0.220 e. The highest BCUT2D eigenvalue weighted by molar-refractivity contribution is 5.76. The summed E-state index contributed by atoms with van der Waals surface area (Å²) in [5.41, 5.74) is 0. The van der Waals surface area contributed by atoms with E-state index in [1.54, 1.807) is 6.08 Å². The number of aliphatic hydroxyl groups excluding tert-OH is 5. The van der Waals surface area contributed by atoms with E-state index >= 15 is 0 Å². The van der Waals surface area contributed by atoms with Crippen LogP contribution in [0.25, 0.3) is 0 Å². The summed E-state index contributed by atoms with van der Waals surface area (Å²) >= 11 is 0. The fourth-order valence-corrected chi connectivity index (χ4v) is 5.70. The standard InChI is InChI=1S/C37H69NO8/c1-3-5-7-9-11-13-15-17-19-21-23-25-27-33(41)38-30(29-45-37-36(44)35(43)34(42)32(28-39)46-37)31(40)26-24-22-20-18-16-14-12-10-8-6-4-2/h16,18,24,26,30-32,34-37,39-40,42-44H,3-15,17,19-23,25,27-29H2,1-2H3,(H,38,41)/b18-16+,26-24+/t30-,31+,32+,34+,35?,36?,37+/m0/s1. The Hall–Kier alpha value is -1.33. The van der Waals surface area contributed by atoms with Crippen LogP contribution in [0.2, 0.25) is 0 Å². The Morgan fingerprint density at radius 1 is 0.717 bits per heavy atom. The van der Waals surface area contributed by atoms with Gasteiger partial charge in [-0.1, -0.05) is 134 Å². The molecule has 0 saturated carbocycles. The molecule has 9 nitrogen and oxygen atoms in total. The molecule has 0 aromatic carbocycles. The van der Waals surface area contributed by atoms with E-state index in [4.69, 9.17) is 9.47 Å². The zero-order chi connectivity index (χ0) is 33.8. The largest absolute Gasteiger partial charge is 0.394 e. The molecule has 1 fully saturated rings. The molecular formula is C37H69NO8. The van der Waals surface area contributed by atoms with Gasteiger partial charge < -0.3 is 40.3 Å². The minimum atomic E-state index is -1.57. The molecule has 1 saturated heterocycles. The number of hydrogen-bond acceptors (Lipinski definition) is 8. The topological polar surface area (TPSA) is 149 Å². The minimum absolute atomic E-state index is 0.191. The zero-order valence-corrected chi connectivity index (χ0v) is 29.1. The third kappa shape index (κ3) is 20.1. The first-order chi connectivity index (χ1) is 22.3. The summed E-state index contributed by atoms with van der Waals surface area (Å²) in [6.45, 7) is 3.69. The van der Waals surface area contributed by atoms with Crippen molar-refractivity contribution in [3.8, 4) is 0 Å². The van der Waals surface area contributed by atoms with Crippen LogP contribution in [0, 0.1) is 0 Å². The Bertz CT molecular complexity index is 776. The number of unbranched alkanes of at least 4 members (excludes halogenated alkanes) is 17. The Kier molecular flexibility index (Phi) is 26.6. The molecule has 1 aliphatic heterocycles. The first-order valence-electron chi connectivity index (χ1n) is 18.6. The van der Waals surface area contributed by atoms with Crippen molar-refractivity contribution in [3.05, 3.63) is 24.3 Å². The lowest BCUT2D eigenvalue weighted by Crippen LogP contribution is -2.60. The Morgan fingerprint density at radius 3 is 1.83 bits per heavy atom. The van der Waals surface area contributed by atoms with Crippen LogP contribution in [-0.4, -0.2) is 87.5 Å². The molecule has 9 heteroatoms. The van der Waals surface area contributed by atoms with Crippen molar-refractivity contribution in [2.45, 2.75) is 192 Å². The van der Waals surface area contributed by atoms with Crippen molar-refractivity contribution < 1.29 is 39.8 Å². The number of carbonyl (C=O) groups excluding carboxylic acids is 1. The fraction of sp³-hybridized carbons (Fsp3) is 0.865. The molecule has 0 radical (unpaired) electrons. The summed E-state index contributed by atoms with van der Waals surface area (Å²) < 4.78 is 11.1. The summed E-state index contributed by atoms with van der Waals surface area (Å²) in [6, 6.07) is -0.813. The third-order valence-corrected chi connectivity index (χ3v) is 8.78. The van der Waals surface area contributed by atoms with Crippen LogP contribution < -0.4 is 5.32 Å². The van der Waals surface area contributed by atoms with Crippen molar-refractivity contribution in [1.82, 2.24) is 5.32 Å². The van der Waals surface area contributed by atoms with E-state index in [0.717, 1.165) is 38.5 Å². The molecule has 1 aliphatic rings. The van der Waals surface area contributed by atoms with E-state index in [9.17, 15) is 30.3 Å². The van der Waals surface area contributed by atoms with E-state index in [0.29, 0.717) is 6.42 Å². The van der Waals surface area contributed by atoms with Gasteiger partial charge in [0.1, 0.15) is 24.4 Å². The normalized spacial score (nSPS) is 23.3. The molecular weight excluding hydrogens is 586 g/mol. The lowest BCUT2D eigenvalue weighted by atomic mass is 9.99. The van der Waals surface area contributed by atoms with Crippen LogP contribution >= 0.6 is 0 Å². The number of nitrogens with one attached hydrogen (secondary N) is 1. The number of aliphatic hydroxyl groups is 5. The molecule has 1 rings (SSSR count). The smallest absolute Gasteiger partial charge is 0.220 e. The molecule has 1 heterocycles. The summed E-state index contributed by atoms with van der Waals surface area (Å²) in [5, 5.41) is 53.7. The molecule has 0 aliphatic carbocycles. The lowest BCUT2D eigenvalue weighted by Gasteiger charge is -2.40. The molecule has 0 bridgehead atoms. The van der Waals surface area contributed by atoms with Crippen LogP contribution in [0.1, 0.15) is 149 Å². The number of amides is 1. The molecule has 0 spiro atoms. The Balaban J connectivity index is 2.50. The van der Waals surface area contributed by atoms with Gasteiger partial charge in [-0.3, -0.25) is 4.79 Å². The van der Waals surface area contributed by atoms with Gasteiger partial charge in [-0.15, -0.1) is 0 Å². The quantitative estimate of drug-likeness (QED) is 0.0425. The summed E-state index contributed by atoms with van der Waals surface area (Å²) in [6.07, 6.45) is 23.7. The van der Waals surface area contributed by atoms with Crippen molar-refractivity contribution >= 4 is 5.91 Å². The van der Waals surface area contributed by atoms with E-state index in [1.165, 1.54) is 89.9 Å². The number of carbonyl (C=O) groups is 1. The van der Waals surface area contributed by atoms with Gasteiger partial charge in [-0.25, -0.2) is 0 Å². The van der Waals surface area contributed by atoms with Crippen molar-refractivity contribution in [2.24, 2.45) is 0 Å². The summed E-state index contributed by atoms with van der Waals surface area (Å²) in [4.78, 5) is 12.8. The van der Waals surface area contributed by atoms with Gasteiger partial charge in [-0.2, -0.15) is 0 Å². The van der Waals surface area contributed by atoms with Crippen LogP contribution in [0.5, 0.6) is 0 Å². The molecule has 46 heavy (non-hydrogen) atoms. The second-order valence-corrected chi connectivity index (χ2v) is 13.0. The van der Waals surface area contributed by atoms with E-state index in [1.807, 2.05) is 6.08 Å².